The summed E-state index contributed by atoms with van der Waals surface area (Å²) in [6.45, 7) is 0. The third kappa shape index (κ3) is 3.45. The Labute approximate surface area is 144 Å². The van der Waals surface area contributed by atoms with E-state index in [1.165, 1.54) is 0 Å². The molecule has 0 aromatic heterocycles. The van der Waals surface area contributed by atoms with E-state index >= 15 is 0 Å². The molecule has 0 heterocycles. The van der Waals surface area contributed by atoms with E-state index in [-0.39, 0.29) is 6.04 Å². The first kappa shape index (κ1) is 16.0. The maximum Gasteiger partial charge on any atom is 0.125 e. The van der Waals surface area contributed by atoms with Crippen LogP contribution in [-0.4, -0.2) is 14.2 Å². The number of hydrogen-bond donors (Lipinski definition) is 1. The van der Waals surface area contributed by atoms with Crippen LogP contribution in [0, 0.1) is 0 Å². The molecule has 20 heavy (non-hydrogen) atoms. The van der Waals surface area contributed by atoms with Gasteiger partial charge in [-0.1, -0.05) is 53.9 Å². The van der Waals surface area contributed by atoms with Crippen LogP contribution in [0.3, 0.4) is 0 Å². The Bertz CT molecular complexity index is 616. The van der Waals surface area contributed by atoms with E-state index in [9.17, 15) is 0 Å². The Kier molecular flexibility index (Phi) is 5.66. The Hall–Kier alpha value is -0.360. The van der Waals surface area contributed by atoms with Crippen LogP contribution in [-0.2, 0) is 0 Å². The highest BCUT2D eigenvalue weighted by Crippen LogP contribution is 2.36. The lowest BCUT2D eigenvalue weighted by molar-refractivity contribution is 0.405. The second-order valence-electron chi connectivity index (χ2n) is 4.27. The molecule has 0 saturated heterocycles. The first-order chi connectivity index (χ1) is 9.56. The Morgan fingerprint density at radius 3 is 2.25 bits per heavy atom. The van der Waals surface area contributed by atoms with E-state index in [0.29, 0.717) is 0 Å². The predicted octanol–water partition coefficient (Wildman–Crippen LogP) is 5.29. The molecule has 0 radical (unpaired) electrons. The zero-order valence-electron chi connectivity index (χ0n) is 11.1. The molecule has 5 heteroatoms. The summed E-state index contributed by atoms with van der Waals surface area (Å²) < 4.78 is 8.61. The summed E-state index contributed by atoms with van der Waals surface area (Å²) in [7, 11) is 3.63. The highest BCUT2D eigenvalue weighted by Gasteiger charge is 2.19. The van der Waals surface area contributed by atoms with Crippen molar-refractivity contribution >= 4 is 47.8 Å². The average Bonchev–Trinajstić information content (AvgIpc) is 2.44. The van der Waals surface area contributed by atoms with E-state index in [1.807, 2.05) is 31.3 Å². The van der Waals surface area contributed by atoms with Gasteiger partial charge < -0.3 is 10.1 Å². The summed E-state index contributed by atoms with van der Waals surface area (Å²) in [5.74, 6) is 0.852. The summed E-state index contributed by atoms with van der Waals surface area (Å²) in [5, 5.41) is 3.35. The quantitative estimate of drug-likeness (QED) is 0.665. The lowest BCUT2D eigenvalue weighted by Crippen LogP contribution is -2.19. The van der Waals surface area contributed by atoms with Gasteiger partial charge in [0.25, 0.3) is 0 Å². The van der Waals surface area contributed by atoms with Crippen LogP contribution in [0.2, 0.25) is 0 Å². The number of methoxy groups -OCH3 is 1. The number of hydrogen-bond acceptors (Lipinski definition) is 2. The second kappa shape index (κ2) is 7.07. The molecule has 2 rings (SSSR count). The van der Waals surface area contributed by atoms with Crippen LogP contribution in [0.5, 0.6) is 5.75 Å². The number of rotatable bonds is 4. The normalized spacial score (nSPS) is 12.2. The topological polar surface area (TPSA) is 21.3 Å². The molecule has 2 nitrogen and oxygen atoms in total. The van der Waals surface area contributed by atoms with Gasteiger partial charge in [0.1, 0.15) is 5.75 Å². The van der Waals surface area contributed by atoms with Crippen LogP contribution in [0.4, 0.5) is 0 Å². The van der Waals surface area contributed by atoms with Crippen LogP contribution >= 0.6 is 47.8 Å². The van der Waals surface area contributed by atoms with Crippen LogP contribution in [0.15, 0.2) is 49.8 Å². The standard InChI is InChI=1S/C15H14Br3NO/c1-19-15(12-7-9(16)4-6-13(12)18)11-5-3-10(17)8-14(11)20-2/h3-8,15,19H,1-2H3. The number of benzene rings is 2. The summed E-state index contributed by atoms with van der Waals surface area (Å²) in [6, 6.07) is 12.3. The molecular weight excluding hydrogens is 450 g/mol. The molecule has 1 unspecified atom stereocenters. The zero-order chi connectivity index (χ0) is 14.7. The first-order valence-corrected chi connectivity index (χ1v) is 8.40. The molecule has 0 aliphatic heterocycles. The molecule has 0 aliphatic carbocycles. The summed E-state index contributed by atoms with van der Waals surface area (Å²) >= 11 is 10.6. The van der Waals surface area contributed by atoms with Gasteiger partial charge in [0.05, 0.1) is 13.2 Å². The summed E-state index contributed by atoms with van der Waals surface area (Å²) in [5.41, 5.74) is 2.25. The Morgan fingerprint density at radius 2 is 1.60 bits per heavy atom. The van der Waals surface area contributed by atoms with Gasteiger partial charge in [0.2, 0.25) is 0 Å². The molecule has 1 atom stereocenters. The van der Waals surface area contributed by atoms with Crippen LogP contribution in [0.1, 0.15) is 17.2 Å². The molecule has 0 aliphatic rings. The van der Waals surface area contributed by atoms with E-state index in [0.717, 1.165) is 30.3 Å². The van der Waals surface area contributed by atoms with Crippen molar-refractivity contribution in [1.82, 2.24) is 5.32 Å². The van der Waals surface area contributed by atoms with E-state index in [2.05, 4.69) is 65.2 Å². The maximum atomic E-state index is 5.50. The van der Waals surface area contributed by atoms with E-state index in [4.69, 9.17) is 4.74 Å². The van der Waals surface area contributed by atoms with Gasteiger partial charge >= 0.3 is 0 Å². The molecular formula is C15H14Br3NO. The summed E-state index contributed by atoms with van der Waals surface area (Å²) in [4.78, 5) is 0. The zero-order valence-corrected chi connectivity index (χ0v) is 15.8. The molecule has 0 amide bonds. The van der Waals surface area contributed by atoms with Crippen molar-refractivity contribution in [2.75, 3.05) is 14.2 Å². The van der Waals surface area contributed by atoms with Crippen molar-refractivity contribution in [2.45, 2.75) is 6.04 Å². The van der Waals surface area contributed by atoms with Crippen molar-refractivity contribution < 1.29 is 4.74 Å². The van der Waals surface area contributed by atoms with Crippen molar-refractivity contribution in [1.29, 1.82) is 0 Å². The molecule has 0 bridgehead atoms. The Balaban J connectivity index is 2.55. The summed E-state index contributed by atoms with van der Waals surface area (Å²) in [6.07, 6.45) is 0. The first-order valence-electron chi connectivity index (χ1n) is 6.02. The highest BCUT2D eigenvalue weighted by atomic mass is 79.9. The van der Waals surface area contributed by atoms with Gasteiger partial charge in [-0.15, -0.1) is 0 Å². The molecule has 0 spiro atoms. The minimum absolute atomic E-state index is 0.0462. The fourth-order valence-electron chi connectivity index (χ4n) is 2.14. The van der Waals surface area contributed by atoms with Crippen LogP contribution < -0.4 is 10.1 Å². The predicted molar refractivity (Wildman–Crippen MR) is 93.4 cm³/mol. The van der Waals surface area contributed by atoms with Crippen molar-refractivity contribution in [3.05, 3.63) is 60.9 Å². The third-order valence-corrected chi connectivity index (χ3v) is 4.77. The van der Waals surface area contributed by atoms with Gasteiger partial charge in [0.15, 0.2) is 0 Å². The average molecular weight is 464 g/mol. The second-order valence-corrected chi connectivity index (χ2v) is 6.96. The van der Waals surface area contributed by atoms with Gasteiger partial charge in [-0.2, -0.15) is 0 Å². The molecule has 0 saturated carbocycles. The number of ether oxygens (including phenoxy) is 1. The SMILES string of the molecule is CNC(c1cc(Br)ccc1Br)c1ccc(Br)cc1OC. The van der Waals surface area contributed by atoms with Crippen molar-refractivity contribution in [2.24, 2.45) is 0 Å². The van der Waals surface area contributed by atoms with Crippen molar-refractivity contribution in [3.63, 3.8) is 0 Å². The number of halogens is 3. The lowest BCUT2D eigenvalue weighted by atomic mass is 9.98. The van der Waals surface area contributed by atoms with Gasteiger partial charge in [-0.05, 0) is 42.9 Å². The molecule has 1 N–H and O–H groups in total. The molecule has 106 valence electrons. The van der Waals surface area contributed by atoms with E-state index in [1.54, 1.807) is 7.11 Å². The van der Waals surface area contributed by atoms with Crippen LogP contribution in [0.25, 0.3) is 0 Å². The molecule has 2 aromatic carbocycles. The fraction of sp³-hybridized carbons (Fsp3) is 0.200. The fourth-order valence-corrected chi connectivity index (χ4v) is 3.33. The number of nitrogens with one attached hydrogen (secondary N) is 1. The lowest BCUT2D eigenvalue weighted by Gasteiger charge is -2.21. The maximum absolute atomic E-state index is 5.50. The molecule has 0 fully saturated rings. The Morgan fingerprint density at radius 1 is 0.950 bits per heavy atom. The van der Waals surface area contributed by atoms with Gasteiger partial charge in [-0.3, -0.25) is 0 Å². The largest absolute Gasteiger partial charge is 0.496 e. The van der Waals surface area contributed by atoms with E-state index < -0.39 is 0 Å². The molecule has 2 aromatic rings. The minimum atomic E-state index is 0.0462. The highest BCUT2D eigenvalue weighted by molar-refractivity contribution is 9.11. The van der Waals surface area contributed by atoms with Crippen molar-refractivity contribution in [3.8, 4) is 5.75 Å². The third-order valence-electron chi connectivity index (χ3n) is 3.06. The van der Waals surface area contributed by atoms with Gasteiger partial charge in [0, 0.05) is 19.0 Å². The monoisotopic (exact) mass is 461 g/mol. The van der Waals surface area contributed by atoms with Gasteiger partial charge in [-0.25, -0.2) is 0 Å². The smallest absolute Gasteiger partial charge is 0.125 e. The minimum Gasteiger partial charge on any atom is -0.496 e.